The summed E-state index contributed by atoms with van der Waals surface area (Å²) >= 11 is 0. The molecule has 4 nitrogen and oxygen atoms in total. The predicted octanol–water partition coefficient (Wildman–Crippen LogP) is 0.231. The van der Waals surface area contributed by atoms with Crippen LogP contribution in [-0.4, -0.2) is 23.5 Å². The van der Waals surface area contributed by atoms with Crippen LogP contribution in [0.2, 0.25) is 0 Å². The number of aromatic nitrogens is 1. The molecule has 0 unspecified atom stereocenters. The summed E-state index contributed by atoms with van der Waals surface area (Å²) in [4.78, 5) is 15.5. The summed E-state index contributed by atoms with van der Waals surface area (Å²) in [5, 5.41) is 6.10. The van der Waals surface area contributed by atoms with Gasteiger partial charge in [-0.2, -0.15) is 0 Å². The van der Waals surface area contributed by atoms with E-state index in [1.807, 2.05) is 19.1 Å². The standard InChI is InChI=1S/C10H13N3O/c1-7-6-12-9(10(14)13-7)8-2-4-11-5-3-8/h2-5,7,9,12H,6H2,1H3,(H,13,14)/t7-,9+/m0/s1. The number of piperazine rings is 1. The van der Waals surface area contributed by atoms with E-state index in [4.69, 9.17) is 0 Å². The zero-order valence-electron chi connectivity index (χ0n) is 8.03. The van der Waals surface area contributed by atoms with Gasteiger partial charge in [-0.25, -0.2) is 0 Å². The molecule has 74 valence electrons. The lowest BCUT2D eigenvalue weighted by Gasteiger charge is -2.28. The highest BCUT2D eigenvalue weighted by Crippen LogP contribution is 2.14. The van der Waals surface area contributed by atoms with Gasteiger partial charge in [0, 0.05) is 25.0 Å². The first-order chi connectivity index (χ1) is 6.77. The highest BCUT2D eigenvalue weighted by atomic mass is 16.2. The molecule has 14 heavy (non-hydrogen) atoms. The second-order valence-electron chi connectivity index (χ2n) is 3.53. The van der Waals surface area contributed by atoms with E-state index in [-0.39, 0.29) is 18.0 Å². The quantitative estimate of drug-likeness (QED) is 0.668. The van der Waals surface area contributed by atoms with Crippen molar-refractivity contribution >= 4 is 5.91 Å². The van der Waals surface area contributed by atoms with Gasteiger partial charge in [0.15, 0.2) is 0 Å². The number of rotatable bonds is 1. The minimum atomic E-state index is -0.228. The average Bonchev–Trinajstić information content (AvgIpc) is 2.19. The third-order valence-corrected chi connectivity index (χ3v) is 2.32. The third-order valence-electron chi connectivity index (χ3n) is 2.32. The van der Waals surface area contributed by atoms with Gasteiger partial charge in [-0.3, -0.25) is 9.78 Å². The van der Waals surface area contributed by atoms with Gasteiger partial charge in [0.2, 0.25) is 5.91 Å². The van der Waals surface area contributed by atoms with Gasteiger partial charge in [0.1, 0.15) is 6.04 Å². The maximum Gasteiger partial charge on any atom is 0.241 e. The number of nitrogens with zero attached hydrogens (tertiary/aromatic N) is 1. The van der Waals surface area contributed by atoms with Gasteiger partial charge >= 0.3 is 0 Å². The molecule has 1 saturated heterocycles. The van der Waals surface area contributed by atoms with Crippen LogP contribution < -0.4 is 10.6 Å². The zero-order chi connectivity index (χ0) is 9.97. The Kier molecular flexibility index (Phi) is 2.45. The number of nitrogens with one attached hydrogen (secondary N) is 2. The van der Waals surface area contributed by atoms with E-state index in [1.54, 1.807) is 12.4 Å². The molecule has 2 N–H and O–H groups in total. The number of pyridine rings is 1. The molecule has 1 aliphatic heterocycles. The molecular formula is C10H13N3O. The fourth-order valence-electron chi connectivity index (χ4n) is 1.59. The summed E-state index contributed by atoms with van der Waals surface area (Å²) in [5.74, 6) is 0.0370. The Balaban J connectivity index is 2.16. The maximum absolute atomic E-state index is 11.6. The fourth-order valence-corrected chi connectivity index (χ4v) is 1.59. The van der Waals surface area contributed by atoms with Crippen LogP contribution in [0.3, 0.4) is 0 Å². The first kappa shape index (κ1) is 9.15. The highest BCUT2D eigenvalue weighted by Gasteiger charge is 2.25. The summed E-state index contributed by atoms with van der Waals surface area (Å²) < 4.78 is 0. The number of hydrogen-bond donors (Lipinski definition) is 2. The average molecular weight is 191 g/mol. The zero-order valence-corrected chi connectivity index (χ0v) is 8.03. The van der Waals surface area contributed by atoms with Crippen molar-refractivity contribution in [2.45, 2.75) is 19.0 Å². The summed E-state index contributed by atoms with van der Waals surface area (Å²) in [6, 6.07) is 3.69. The molecule has 0 radical (unpaired) electrons. The van der Waals surface area contributed by atoms with Gasteiger partial charge in [-0.1, -0.05) is 0 Å². The van der Waals surface area contributed by atoms with Crippen LogP contribution in [0.4, 0.5) is 0 Å². The lowest BCUT2D eigenvalue weighted by atomic mass is 10.0. The lowest BCUT2D eigenvalue weighted by Crippen LogP contribution is -2.52. The molecule has 1 amide bonds. The molecule has 4 heteroatoms. The molecule has 0 spiro atoms. The van der Waals surface area contributed by atoms with E-state index >= 15 is 0 Å². The molecule has 2 rings (SSSR count). The van der Waals surface area contributed by atoms with Crippen LogP contribution in [0.1, 0.15) is 18.5 Å². The number of carbonyl (C=O) groups is 1. The molecule has 1 aromatic rings. The minimum absolute atomic E-state index is 0.0370. The second-order valence-corrected chi connectivity index (χ2v) is 3.53. The third kappa shape index (κ3) is 1.75. The Bertz CT molecular complexity index is 325. The molecule has 2 heterocycles. The van der Waals surface area contributed by atoms with Crippen molar-refractivity contribution in [2.75, 3.05) is 6.54 Å². The van der Waals surface area contributed by atoms with Gasteiger partial charge in [-0.15, -0.1) is 0 Å². The highest BCUT2D eigenvalue weighted by molar-refractivity contribution is 5.84. The SMILES string of the molecule is C[C@H]1CN[C@H](c2ccncc2)C(=O)N1. The predicted molar refractivity (Wildman–Crippen MR) is 52.6 cm³/mol. The van der Waals surface area contributed by atoms with Crippen molar-refractivity contribution in [1.29, 1.82) is 0 Å². The van der Waals surface area contributed by atoms with E-state index in [9.17, 15) is 4.79 Å². The molecule has 1 aliphatic rings. The van der Waals surface area contributed by atoms with Crippen molar-refractivity contribution < 1.29 is 4.79 Å². The number of carbonyl (C=O) groups excluding carboxylic acids is 1. The Morgan fingerprint density at radius 2 is 2.14 bits per heavy atom. The lowest BCUT2D eigenvalue weighted by molar-refractivity contribution is -0.125. The summed E-state index contributed by atoms with van der Waals surface area (Å²) in [7, 11) is 0. The van der Waals surface area contributed by atoms with Crippen LogP contribution in [0.15, 0.2) is 24.5 Å². The molecule has 0 bridgehead atoms. The monoisotopic (exact) mass is 191 g/mol. The van der Waals surface area contributed by atoms with Gasteiger partial charge in [0.25, 0.3) is 0 Å². The first-order valence-electron chi connectivity index (χ1n) is 4.71. The topological polar surface area (TPSA) is 54.0 Å². The van der Waals surface area contributed by atoms with Crippen LogP contribution in [-0.2, 0) is 4.79 Å². The van der Waals surface area contributed by atoms with Crippen molar-refractivity contribution in [1.82, 2.24) is 15.6 Å². The minimum Gasteiger partial charge on any atom is -0.351 e. The van der Waals surface area contributed by atoms with E-state index in [1.165, 1.54) is 0 Å². The summed E-state index contributed by atoms with van der Waals surface area (Å²) in [5.41, 5.74) is 0.962. The van der Waals surface area contributed by atoms with Gasteiger partial charge < -0.3 is 10.6 Å². The molecule has 0 saturated carbocycles. The summed E-state index contributed by atoms with van der Waals surface area (Å²) in [6.07, 6.45) is 3.39. The Labute approximate surface area is 82.7 Å². The smallest absolute Gasteiger partial charge is 0.241 e. The Hall–Kier alpha value is -1.42. The van der Waals surface area contributed by atoms with Crippen molar-refractivity contribution in [3.63, 3.8) is 0 Å². The van der Waals surface area contributed by atoms with Crippen LogP contribution in [0.5, 0.6) is 0 Å². The normalized spacial score (nSPS) is 27.1. The van der Waals surface area contributed by atoms with Crippen LogP contribution >= 0.6 is 0 Å². The van der Waals surface area contributed by atoms with E-state index in [2.05, 4.69) is 15.6 Å². The molecule has 1 aromatic heterocycles. The van der Waals surface area contributed by atoms with Gasteiger partial charge in [0.05, 0.1) is 0 Å². The van der Waals surface area contributed by atoms with E-state index in [0.717, 1.165) is 12.1 Å². The summed E-state index contributed by atoms with van der Waals surface area (Å²) in [6.45, 7) is 2.78. The van der Waals surface area contributed by atoms with Crippen LogP contribution in [0.25, 0.3) is 0 Å². The molecular weight excluding hydrogens is 178 g/mol. The molecule has 2 atom stereocenters. The molecule has 0 aliphatic carbocycles. The van der Waals surface area contributed by atoms with Gasteiger partial charge in [-0.05, 0) is 24.6 Å². The maximum atomic E-state index is 11.6. The number of amides is 1. The van der Waals surface area contributed by atoms with Crippen molar-refractivity contribution in [3.05, 3.63) is 30.1 Å². The fraction of sp³-hybridized carbons (Fsp3) is 0.400. The van der Waals surface area contributed by atoms with Crippen LogP contribution in [0, 0.1) is 0 Å². The Morgan fingerprint density at radius 1 is 1.43 bits per heavy atom. The molecule has 0 aromatic carbocycles. The van der Waals surface area contributed by atoms with Crippen molar-refractivity contribution in [3.8, 4) is 0 Å². The second kappa shape index (κ2) is 3.75. The Morgan fingerprint density at radius 3 is 2.79 bits per heavy atom. The first-order valence-corrected chi connectivity index (χ1v) is 4.71. The largest absolute Gasteiger partial charge is 0.351 e. The number of hydrogen-bond acceptors (Lipinski definition) is 3. The van der Waals surface area contributed by atoms with Crippen molar-refractivity contribution in [2.24, 2.45) is 0 Å². The van der Waals surface area contributed by atoms with E-state index in [0.29, 0.717) is 0 Å². The van der Waals surface area contributed by atoms with E-state index < -0.39 is 0 Å². The molecule has 1 fully saturated rings.